The van der Waals surface area contributed by atoms with Crippen LogP contribution in [0.15, 0.2) is 12.4 Å². The third-order valence-electron chi connectivity index (χ3n) is 2.52. The van der Waals surface area contributed by atoms with E-state index in [9.17, 15) is 4.79 Å². The molecule has 6 nitrogen and oxygen atoms in total. The number of aromatic nitrogens is 2. The highest BCUT2D eigenvalue weighted by Crippen LogP contribution is 2.17. The maximum absolute atomic E-state index is 12.1. The SMILES string of the molecule is Cc1cn2cc(C(=O)N(CCO)CCO)nc2s1. The zero-order valence-electron chi connectivity index (χ0n) is 10.0. The monoisotopic (exact) mass is 269 g/mol. The molecule has 2 aromatic heterocycles. The number of carbonyl (C=O) groups excluding carboxylic acids is 1. The minimum Gasteiger partial charge on any atom is -0.395 e. The van der Waals surface area contributed by atoms with Gasteiger partial charge in [0.25, 0.3) is 5.91 Å². The van der Waals surface area contributed by atoms with Crippen molar-refractivity contribution >= 4 is 22.2 Å². The second-order valence-corrected chi connectivity index (χ2v) is 5.11. The van der Waals surface area contributed by atoms with Crippen LogP contribution in [0, 0.1) is 6.92 Å². The Balaban J connectivity index is 2.22. The maximum atomic E-state index is 12.1. The summed E-state index contributed by atoms with van der Waals surface area (Å²) in [6.07, 6.45) is 3.58. The molecule has 2 aromatic rings. The standard InChI is InChI=1S/C11H15N3O3S/c1-8-6-14-7-9(12-11(14)18-8)10(17)13(2-4-15)3-5-16/h6-7,15-16H,2-5H2,1H3. The summed E-state index contributed by atoms with van der Waals surface area (Å²) in [7, 11) is 0. The number of amides is 1. The fourth-order valence-corrected chi connectivity index (χ4v) is 2.54. The van der Waals surface area contributed by atoms with Gasteiger partial charge in [-0.3, -0.25) is 9.20 Å². The van der Waals surface area contributed by atoms with E-state index in [2.05, 4.69) is 4.98 Å². The Morgan fingerprint density at radius 3 is 2.61 bits per heavy atom. The van der Waals surface area contributed by atoms with Gasteiger partial charge in [-0.1, -0.05) is 0 Å². The van der Waals surface area contributed by atoms with Gasteiger partial charge in [0.2, 0.25) is 0 Å². The molecule has 0 radical (unpaired) electrons. The number of hydrogen-bond acceptors (Lipinski definition) is 5. The molecule has 0 bridgehead atoms. The number of imidazole rings is 1. The first-order valence-electron chi connectivity index (χ1n) is 5.62. The van der Waals surface area contributed by atoms with E-state index in [1.165, 1.54) is 16.2 Å². The van der Waals surface area contributed by atoms with Crippen molar-refractivity contribution in [3.05, 3.63) is 23.0 Å². The Morgan fingerprint density at radius 2 is 2.06 bits per heavy atom. The molecule has 98 valence electrons. The number of carbonyl (C=O) groups is 1. The van der Waals surface area contributed by atoms with Crippen molar-refractivity contribution in [3.63, 3.8) is 0 Å². The van der Waals surface area contributed by atoms with Crippen LogP contribution in [0.5, 0.6) is 0 Å². The van der Waals surface area contributed by atoms with Crippen molar-refractivity contribution in [2.75, 3.05) is 26.3 Å². The number of aliphatic hydroxyl groups excluding tert-OH is 2. The number of hydrogen-bond donors (Lipinski definition) is 2. The predicted molar refractivity (Wildman–Crippen MR) is 67.9 cm³/mol. The van der Waals surface area contributed by atoms with Crippen molar-refractivity contribution < 1.29 is 15.0 Å². The molecule has 2 N–H and O–H groups in total. The van der Waals surface area contributed by atoms with Crippen molar-refractivity contribution in [2.24, 2.45) is 0 Å². The molecule has 0 aliphatic rings. The lowest BCUT2D eigenvalue weighted by molar-refractivity contribution is 0.0679. The molecule has 0 saturated heterocycles. The molecule has 1 amide bonds. The molecule has 0 fully saturated rings. The third kappa shape index (κ3) is 2.53. The normalized spacial score (nSPS) is 11.1. The number of rotatable bonds is 5. The smallest absolute Gasteiger partial charge is 0.274 e. The minimum atomic E-state index is -0.272. The Hall–Kier alpha value is -1.44. The molecule has 0 spiro atoms. The highest BCUT2D eigenvalue weighted by atomic mass is 32.1. The number of nitrogens with zero attached hydrogens (tertiary/aromatic N) is 3. The third-order valence-corrected chi connectivity index (χ3v) is 3.43. The number of aliphatic hydroxyl groups is 2. The quantitative estimate of drug-likeness (QED) is 0.809. The molecule has 0 aliphatic carbocycles. The summed E-state index contributed by atoms with van der Waals surface area (Å²) in [5, 5.41) is 17.8. The average Bonchev–Trinajstić information content (AvgIpc) is 2.84. The van der Waals surface area contributed by atoms with Crippen LogP contribution < -0.4 is 0 Å². The van der Waals surface area contributed by atoms with E-state index in [1.807, 2.05) is 17.5 Å². The first-order chi connectivity index (χ1) is 8.65. The summed E-state index contributed by atoms with van der Waals surface area (Å²) in [4.78, 5) is 19.6. The second-order valence-electron chi connectivity index (χ2n) is 3.90. The van der Waals surface area contributed by atoms with E-state index in [0.717, 1.165) is 9.84 Å². The minimum absolute atomic E-state index is 0.132. The van der Waals surface area contributed by atoms with E-state index in [-0.39, 0.29) is 32.2 Å². The molecule has 18 heavy (non-hydrogen) atoms. The van der Waals surface area contributed by atoms with Crippen LogP contribution in [0.1, 0.15) is 15.4 Å². The Labute approximate surface area is 108 Å². The van der Waals surface area contributed by atoms with E-state index in [4.69, 9.17) is 10.2 Å². The van der Waals surface area contributed by atoms with Gasteiger partial charge in [-0.05, 0) is 6.92 Å². The fourth-order valence-electron chi connectivity index (χ4n) is 1.73. The maximum Gasteiger partial charge on any atom is 0.274 e. The lowest BCUT2D eigenvalue weighted by atomic mass is 10.3. The molecule has 0 unspecified atom stereocenters. The summed E-state index contributed by atoms with van der Waals surface area (Å²) >= 11 is 1.51. The van der Waals surface area contributed by atoms with Crippen molar-refractivity contribution in [2.45, 2.75) is 6.92 Å². The van der Waals surface area contributed by atoms with Gasteiger partial charge >= 0.3 is 0 Å². The summed E-state index contributed by atoms with van der Waals surface area (Å²) in [5.41, 5.74) is 0.336. The molecule has 0 atom stereocenters. The summed E-state index contributed by atoms with van der Waals surface area (Å²) < 4.78 is 1.81. The predicted octanol–water partition coefficient (Wildman–Crippen LogP) is 0.131. The average molecular weight is 269 g/mol. The van der Waals surface area contributed by atoms with Gasteiger partial charge in [-0.15, -0.1) is 11.3 Å². The van der Waals surface area contributed by atoms with Gasteiger partial charge in [-0.2, -0.15) is 0 Å². The van der Waals surface area contributed by atoms with Crippen LogP contribution in [0.2, 0.25) is 0 Å². The lowest BCUT2D eigenvalue weighted by Gasteiger charge is -2.19. The Morgan fingerprint density at radius 1 is 1.39 bits per heavy atom. The van der Waals surface area contributed by atoms with Crippen molar-refractivity contribution in [1.82, 2.24) is 14.3 Å². The van der Waals surface area contributed by atoms with E-state index < -0.39 is 0 Å². The molecule has 7 heteroatoms. The molecule has 2 rings (SSSR count). The van der Waals surface area contributed by atoms with Crippen LogP contribution >= 0.6 is 11.3 Å². The van der Waals surface area contributed by atoms with Gasteiger partial charge in [0.05, 0.1) is 13.2 Å². The highest BCUT2D eigenvalue weighted by molar-refractivity contribution is 7.17. The summed E-state index contributed by atoms with van der Waals surface area (Å²) in [5.74, 6) is -0.272. The van der Waals surface area contributed by atoms with Gasteiger partial charge < -0.3 is 15.1 Å². The largest absolute Gasteiger partial charge is 0.395 e. The zero-order chi connectivity index (χ0) is 13.1. The van der Waals surface area contributed by atoms with E-state index in [0.29, 0.717) is 5.69 Å². The number of fused-ring (bicyclic) bond motifs is 1. The van der Waals surface area contributed by atoms with Gasteiger partial charge in [0.15, 0.2) is 4.96 Å². The van der Waals surface area contributed by atoms with Crippen LogP contribution in [0.4, 0.5) is 0 Å². The van der Waals surface area contributed by atoms with Gasteiger partial charge in [0, 0.05) is 30.4 Å². The van der Waals surface area contributed by atoms with Crippen LogP contribution in [-0.4, -0.2) is 56.7 Å². The Bertz CT molecular complexity index is 511. The number of thiazole rings is 1. The van der Waals surface area contributed by atoms with Crippen LogP contribution in [0.3, 0.4) is 0 Å². The second kappa shape index (κ2) is 5.47. The summed E-state index contributed by atoms with van der Waals surface area (Å²) in [6.45, 7) is 2.11. The van der Waals surface area contributed by atoms with E-state index in [1.54, 1.807) is 6.20 Å². The fraction of sp³-hybridized carbons (Fsp3) is 0.455. The van der Waals surface area contributed by atoms with Gasteiger partial charge in [-0.25, -0.2) is 4.98 Å². The molecule has 0 saturated carbocycles. The lowest BCUT2D eigenvalue weighted by Crippen LogP contribution is -2.36. The summed E-state index contributed by atoms with van der Waals surface area (Å²) in [6, 6.07) is 0. The number of aryl methyl sites for hydroxylation is 1. The topological polar surface area (TPSA) is 78.1 Å². The zero-order valence-corrected chi connectivity index (χ0v) is 10.9. The molecular formula is C11H15N3O3S. The molecule has 2 heterocycles. The van der Waals surface area contributed by atoms with Crippen LogP contribution in [0.25, 0.3) is 4.96 Å². The van der Waals surface area contributed by atoms with Gasteiger partial charge in [0.1, 0.15) is 5.69 Å². The van der Waals surface area contributed by atoms with E-state index >= 15 is 0 Å². The van der Waals surface area contributed by atoms with Crippen molar-refractivity contribution in [3.8, 4) is 0 Å². The van der Waals surface area contributed by atoms with Crippen molar-refractivity contribution in [1.29, 1.82) is 0 Å². The molecule has 0 aromatic carbocycles. The first kappa shape index (κ1) is 13.0. The molecular weight excluding hydrogens is 254 g/mol. The first-order valence-corrected chi connectivity index (χ1v) is 6.43. The van der Waals surface area contributed by atoms with Crippen LogP contribution in [-0.2, 0) is 0 Å². The molecule has 0 aliphatic heterocycles. The Kier molecular flexibility index (Phi) is 3.95. The highest BCUT2D eigenvalue weighted by Gasteiger charge is 2.18.